The van der Waals surface area contributed by atoms with Gasteiger partial charge < -0.3 is 9.84 Å². The molecule has 1 N–H and O–H groups in total. The first-order valence-corrected chi connectivity index (χ1v) is 4.99. The van der Waals surface area contributed by atoms with E-state index in [4.69, 9.17) is 11.6 Å². The first kappa shape index (κ1) is 11.4. The number of hydrogen-bond donors (Lipinski definition) is 1. The predicted octanol–water partition coefficient (Wildman–Crippen LogP) is 1.41. The molecule has 0 spiro atoms. The molecule has 0 saturated carbocycles. The number of halogens is 1. The Hall–Kier alpha value is -2.08. The fourth-order valence-electron chi connectivity index (χ4n) is 1.32. The van der Waals surface area contributed by atoms with Gasteiger partial charge in [-0.1, -0.05) is 16.8 Å². The fraction of sp³-hybridized carbons (Fsp3) is 0.100. The van der Waals surface area contributed by atoms with Crippen LogP contribution in [0.4, 0.5) is 0 Å². The summed E-state index contributed by atoms with van der Waals surface area (Å²) in [5.74, 6) is -0.667. The second kappa shape index (κ2) is 4.42. The van der Waals surface area contributed by atoms with Crippen LogP contribution in [0.5, 0.6) is 5.75 Å². The van der Waals surface area contributed by atoms with E-state index in [1.54, 1.807) is 0 Å². The standard InChI is InChI=1S/C10H8ClN3O3/c1-17-10(16)8-5-12-13-14(8)7-4-6(11)2-3-9(7)15/h2-5,15H,1H3. The summed E-state index contributed by atoms with van der Waals surface area (Å²) in [5.41, 5.74) is 0.362. The summed E-state index contributed by atoms with van der Waals surface area (Å²) in [6.07, 6.45) is 1.24. The van der Waals surface area contributed by atoms with Crippen LogP contribution in [0.15, 0.2) is 24.4 Å². The number of methoxy groups -OCH3 is 1. The van der Waals surface area contributed by atoms with Crippen LogP contribution in [0, 0.1) is 0 Å². The van der Waals surface area contributed by atoms with Crippen LogP contribution >= 0.6 is 11.6 Å². The van der Waals surface area contributed by atoms with Crippen LogP contribution in [0.1, 0.15) is 10.5 Å². The number of esters is 1. The van der Waals surface area contributed by atoms with Gasteiger partial charge in [-0.25, -0.2) is 9.48 Å². The summed E-state index contributed by atoms with van der Waals surface area (Å²) >= 11 is 5.81. The van der Waals surface area contributed by atoms with E-state index in [0.29, 0.717) is 5.02 Å². The number of benzene rings is 1. The highest BCUT2D eigenvalue weighted by Crippen LogP contribution is 2.25. The quantitative estimate of drug-likeness (QED) is 0.819. The van der Waals surface area contributed by atoms with Crippen LogP contribution < -0.4 is 0 Å². The monoisotopic (exact) mass is 253 g/mol. The molecule has 0 bridgehead atoms. The van der Waals surface area contributed by atoms with E-state index < -0.39 is 5.97 Å². The summed E-state index contributed by atoms with van der Waals surface area (Å²) in [5, 5.41) is 17.4. The lowest BCUT2D eigenvalue weighted by atomic mass is 10.3. The first-order chi connectivity index (χ1) is 8.13. The maximum absolute atomic E-state index is 11.4. The molecule has 0 saturated heterocycles. The van der Waals surface area contributed by atoms with Crippen LogP contribution in [-0.2, 0) is 4.74 Å². The van der Waals surface area contributed by atoms with Gasteiger partial charge >= 0.3 is 5.97 Å². The number of nitrogens with zero attached hydrogens (tertiary/aromatic N) is 3. The Bertz CT molecular complexity index is 568. The van der Waals surface area contributed by atoms with Gasteiger partial charge in [-0.3, -0.25) is 0 Å². The van der Waals surface area contributed by atoms with Gasteiger partial charge in [-0.2, -0.15) is 0 Å². The minimum Gasteiger partial charge on any atom is -0.506 e. The molecule has 0 aliphatic carbocycles. The zero-order valence-electron chi connectivity index (χ0n) is 8.79. The lowest BCUT2D eigenvalue weighted by Crippen LogP contribution is -2.10. The van der Waals surface area contributed by atoms with Crippen molar-refractivity contribution in [2.75, 3.05) is 7.11 Å². The van der Waals surface area contributed by atoms with Gasteiger partial charge in [0.1, 0.15) is 11.4 Å². The van der Waals surface area contributed by atoms with E-state index in [-0.39, 0.29) is 17.1 Å². The van der Waals surface area contributed by atoms with Crippen molar-refractivity contribution in [3.05, 3.63) is 35.1 Å². The van der Waals surface area contributed by atoms with Crippen LogP contribution in [0.3, 0.4) is 0 Å². The molecule has 0 amide bonds. The molecule has 1 heterocycles. The number of aromatic hydroxyl groups is 1. The molecule has 1 aromatic heterocycles. The second-order valence-electron chi connectivity index (χ2n) is 3.16. The molecule has 0 unspecified atom stereocenters. The lowest BCUT2D eigenvalue weighted by Gasteiger charge is -2.06. The second-order valence-corrected chi connectivity index (χ2v) is 3.59. The maximum atomic E-state index is 11.4. The molecule has 0 atom stereocenters. The smallest absolute Gasteiger partial charge is 0.358 e. The van der Waals surface area contributed by atoms with E-state index in [1.165, 1.54) is 31.5 Å². The Labute approximate surface area is 101 Å². The highest BCUT2D eigenvalue weighted by Gasteiger charge is 2.17. The molecule has 2 aromatic rings. The summed E-state index contributed by atoms with van der Waals surface area (Å²) < 4.78 is 5.73. The summed E-state index contributed by atoms with van der Waals surface area (Å²) in [4.78, 5) is 11.4. The largest absolute Gasteiger partial charge is 0.506 e. The maximum Gasteiger partial charge on any atom is 0.358 e. The number of carbonyl (C=O) groups excluding carboxylic acids is 1. The minimum atomic E-state index is -0.602. The number of aromatic nitrogens is 3. The van der Waals surface area contributed by atoms with Gasteiger partial charge in [0, 0.05) is 5.02 Å². The summed E-state index contributed by atoms with van der Waals surface area (Å²) in [7, 11) is 1.25. The molecule has 2 rings (SSSR count). The van der Waals surface area contributed by atoms with Gasteiger partial charge in [0.15, 0.2) is 5.69 Å². The molecule has 17 heavy (non-hydrogen) atoms. The third-order valence-corrected chi connectivity index (χ3v) is 2.34. The zero-order valence-corrected chi connectivity index (χ0v) is 9.55. The third-order valence-electron chi connectivity index (χ3n) is 2.11. The molecule has 0 aliphatic heterocycles. The number of rotatable bonds is 2. The van der Waals surface area contributed by atoms with Crippen molar-refractivity contribution in [2.45, 2.75) is 0 Å². The van der Waals surface area contributed by atoms with Gasteiger partial charge in [0.25, 0.3) is 0 Å². The molecule has 0 aliphatic rings. The number of hydrogen-bond acceptors (Lipinski definition) is 5. The number of phenols is 1. The fourth-order valence-corrected chi connectivity index (χ4v) is 1.49. The Morgan fingerprint density at radius 3 is 3.00 bits per heavy atom. The Kier molecular flexibility index (Phi) is 2.97. The summed E-state index contributed by atoms with van der Waals surface area (Å²) in [6.45, 7) is 0. The normalized spacial score (nSPS) is 10.2. The molecule has 88 valence electrons. The topological polar surface area (TPSA) is 77.2 Å². The highest BCUT2D eigenvalue weighted by atomic mass is 35.5. The highest BCUT2D eigenvalue weighted by molar-refractivity contribution is 6.30. The van der Waals surface area contributed by atoms with Gasteiger partial charge in [-0.15, -0.1) is 5.10 Å². The Morgan fingerprint density at radius 1 is 1.53 bits per heavy atom. The van der Waals surface area contributed by atoms with E-state index in [9.17, 15) is 9.90 Å². The summed E-state index contributed by atoms with van der Waals surface area (Å²) in [6, 6.07) is 4.40. The van der Waals surface area contributed by atoms with Crippen molar-refractivity contribution in [2.24, 2.45) is 0 Å². The van der Waals surface area contributed by atoms with Gasteiger partial charge in [0.05, 0.1) is 13.3 Å². The van der Waals surface area contributed by atoms with Crippen molar-refractivity contribution in [3.8, 4) is 11.4 Å². The van der Waals surface area contributed by atoms with Gasteiger partial charge in [-0.05, 0) is 18.2 Å². The average Bonchev–Trinajstić information content (AvgIpc) is 2.80. The Balaban J connectivity index is 2.57. The molecular formula is C10H8ClN3O3. The molecular weight excluding hydrogens is 246 g/mol. The number of carbonyl (C=O) groups is 1. The van der Waals surface area contributed by atoms with Crippen LogP contribution in [-0.4, -0.2) is 33.2 Å². The van der Waals surface area contributed by atoms with Gasteiger partial charge in [0.2, 0.25) is 0 Å². The molecule has 6 nitrogen and oxygen atoms in total. The van der Waals surface area contributed by atoms with Crippen molar-refractivity contribution in [1.29, 1.82) is 0 Å². The lowest BCUT2D eigenvalue weighted by molar-refractivity contribution is 0.0590. The predicted molar refractivity (Wildman–Crippen MR) is 59.4 cm³/mol. The minimum absolute atomic E-state index is 0.0648. The molecule has 7 heteroatoms. The van der Waals surface area contributed by atoms with Crippen LogP contribution in [0.25, 0.3) is 5.69 Å². The van der Waals surface area contributed by atoms with E-state index >= 15 is 0 Å². The first-order valence-electron chi connectivity index (χ1n) is 4.61. The van der Waals surface area contributed by atoms with Crippen molar-refractivity contribution >= 4 is 17.6 Å². The van der Waals surface area contributed by atoms with Crippen molar-refractivity contribution < 1.29 is 14.6 Å². The molecule has 0 fully saturated rings. The van der Waals surface area contributed by atoms with E-state index in [0.717, 1.165) is 4.68 Å². The average molecular weight is 254 g/mol. The van der Waals surface area contributed by atoms with Crippen molar-refractivity contribution in [1.82, 2.24) is 15.0 Å². The molecule has 1 aromatic carbocycles. The van der Waals surface area contributed by atoms with E-state index in [1.807, 2.05) is 0 Å². The van der Waals surface area contributed by atoms with Crippen LogP contribution in [0.2, 0.25) is 5.02 Å². The SMILES string of the molecule is COC(=O)c1cnnn1-c1cc(Cl)ccc1O. The number of phenolic OH excluding ortho intramolecular Hbond substituents is 1. The number of ether oxygens (including phenoxy) is 1. The third kappa shape index (κ3) is 2.07. The Morgan fingerprint density at radius 2 is 2.29 bits per heavy atom. The van der Waals surface area contributed by atoms with E-state index in [2.05, 4.69) is 15.0 Å². The molecule has 0 radical (unpaired) electrons. The van der Waals surface area contributed by atoms with Crippen molar-refractivity contribution in [3.63, 3.8) is 0 Å². The zero-order chi connectivity index (χ0) is 12.4.